The number of anilines is 2. The number of aryl methyl sites for hydroxylation is 2. The number of nitrogens with one attached hydrogen (secondary N) is 2. The van der Waals surface area contributed by atoms with Gasteiger partial charge in [0.05, 0.1) is 29.3 Å². The van der Waals surface area contributed by atoms with Gasteiger partial charge in [0.15, 0.2) is 0 Å². The second-order valence-corrected chi connectivity index (χ2v) is 9.96. The third-order valence-electron chi connectivity index (χ3n) is 5.14. The van der Waals surface area contributed by atoms with Crippen molar-refractivity contribution in [2.24, 2.45) is 0 Å². The summed E-state index contributed by atoms with van der Waals surface area (Å²) in [7, 11) is -3.70. The first-order valence-corrected chi connectivity index (χ1v) is 12.3. The van der Waals surface area contributed by atoms with Crippen LogP contribution in [0.4, 0.5) is 11.4 Å². The van der Waals surface area contributed by atoms with Crippen LogP contribution in [0, 0.1) is 13.8 Å². The number of sulfonamides is 1. The van der Waals surface area contributed by atoms with E-state index in [1.54, 1.807) is 36.4 Å². The van der Waals surface area contributed by atoms with Crippen LogP contribution < -0.4 is 14.9 Å². The predicted molar refractivity (Wildman–Crippen MR) is 124 cm³/mol. The van der Waals surface area contributed by atoms with E-state index in [9.17, 15) is 18.0 Å². The van der Waals surface area contributed by atoms with E-state index in [0.717, 1.165) is 34.5 Å². The fraction of sp³-hybridized carbons (Fsp3) is 0.391. The fourth-order valence-electron chi connectivity index (χ4n) is 3.71. The molecule has 1 heterocycles. The van der Waals surface area contributed by atoms with Crippen molar-refractivity contribution in [3.8, 4) is 0 Å². The van der Waals surface area contributed by atoms with Crippen LogP contribution in [0.5, 0.6) is 0 Å². The summed E-state index contributed by atoms with van der Waals surface area (Å²) in [6.45, 7) is 4.42. The number of carbonyl (C=O) groups is 2. The average molecular weight is 460 g/mol. The van der Waals surface area contributed by atoms with E-state index < -0.39 is 22.5 Å². The van der Waals surface area contributed by atoms with Gasteiger partial charge in [0, 0.05) is 13.2 Å². The molecule has 0 saturated carbocycles. The van der Waals surface area contributed by atoms with Gasteiger partial charge in [-0.3, -0.25) is 13.9 Å². The lowest BCUT2D eigenvalue weighted by Crippen LogP contribution is -2.38. The first-order chi connectivity index (χ1) is 15.1. The van der Waals surface area contributed by atoms with E-state index in [1.807, 2.05) is 19.9 Å². The summed E-state index contributed by atoms with van der Waals surface area (Å²) in [5.74, 6) is -0.875. The second kappa shape index (κ2) is 10.1. The number of amides is 2. The number of benzene rings is 2. The Kier molecular flexibility index (Phi) is 7.52. The van der Waals surface area contributed by atoms with Crippen LogP contribution in [0.3, 0.4) is 0 Å². The average Bonchev–Trinajstić information content (AvgIpc) is 3.23. The Morgan fingerprint density at radius 1 is 1.12 bits per heavy atom. The molecule has 9 heteroatoms. The SMILES string of the molecule is Cc1cc(C)cc(N(CC(=O)Nc2ccccc2C(=O)NCC2CCCO2)S(C)(=O)=O)c1. The standard InChI is InChI=1S/C23H29N3O5S/c1-16-11-17(2)13-18(12-16)26(32(3,29)30)15-22(27)25-21-9-5-4-8-20(21)23(28)24-14-19-7-6-10-31-19/h4-5,8-9,11-13,19H,6-7,10,14-15H2,1-3H3,(H,24,28)(H,25,27). The zero-order valence-corrected chi connectivity index (χ0v) is 19.4. The van der Waals surface area contributed by atoms with Crippen LogP contribution in [0.2, 0.25) is 0 Å². The lowest BCUT2D eigenvalue weighted by molar-refractivity contribution is -0.114. The van der Waals surface area contributed by atoms with Crippen molar-refractivity contribution in [2.45, 2.75) is 32.8 Å². The number of nitrogens with zero attached hydrogens (tertiary/aromatic N) is 1. The molecular weight excluding hydrogens is 430 g/mol. The molecule has 2 N–H and O–H groups in total. The van der Waals surface area contributed by atoms with Gasteiger partial charge in [-0.25, -0.2) is 8.42 Å². The molecule has 0 aliphatic carbocycles. The van der Waals surface area contributed by atoms with Crippen LogP contribution in [-0.2, 0) is 19.6 Å². The van der Waals surface area contributed by atoms with E-state index in [-0.39, 0.29) is 12.0 Å². The summed E-state index contributed by atoms with van der Waals surface area (Å²) in [4.78, 5) is 25.4. The van der Waals surface area contributed by atoms with Crippen molar-refractivity contribution < 1.29 is 22.7 Å². The molecule has 0 radical (unpaired) electrons. The van der Waals surface area contributed by atoms with Crippen molar-refractivity contribution in [3.63, 3.8) is 0 Å². The Bertz CT molecular complexity index is 1070. The maximum Gasteiger partial charge on any atom is 0.253 e. The van der Waals surface area contributed by atoms with E-state index >= 15 is 0 Å². The summed E-state index contributed by atoms with van der Waals surface area (Å²) >= 11 is 0. The molecule has 0 spiro atoms. The number of hydrogen-bond acceptors (Lipinski definition) is 5. The molecule has 0 bridgehead atoms. The molecule has 2 amide bonds. The highest BCUT2D eigenvalue weighted by molar-refractivity contribution is 7.92. The zero-order chi connectivity index (χ0) is 23.3. The molecule has 32 heavy (non-hydrogen) atoms. The van der Waals surface area contributed by atoms with Crippen LogP contribution in [0.15, 0.2) is 42.5 Å². The number of para-hydroxylation sites is 1. The van der Waals surface area contributed by atoms with Crippen molar-refractivity contribution in [1.82, 2.24) is 5.32 Å². The summed E-state index contributed by atoms with van der Waals surface area (Å²) in [5, 5.41) is 5.52. The molecule has 1 fully saturated rings. The smallest absolute Gasteiger partial charge is 0.253 e. The van der Waals surface area contributed by atoms with Gasteiger partial charge in [0.2, 0.25) is 15.9 Å². The maximum atomic E-state index is 12.8. The van der Waals surface area contributed by atoms with Crippen LogP contribution in [-0.4, -0.2) is 52.3 Å². The van der Waals surface area contributed by atoms with E-state index in [2.05, 4.69) is 10.6 Å². The lowest BCUT2D eigenvalue weighted by atomic mass is 10.1. The first kappa shape index (κ1) is 23.7. The molecule has 2 aromatic carbocycles. The first-order valence-electron chi connectivity index (χ1n) is 10.5. The largest absolute Gasteiger partial charge is 0.376 e. The van der Waals surface area contributed by atoms with Gasteiger partial charge in [0.25, 0.3) is 5.91 Å². The van der Waals surface area contributed by atoms with Gasteiger partial charge in [0.1, 0.15) is 6.54 Å². The molecule has 3 rings (SSSR count). The van der Waals surface area contributed by atoms with E-state index in [0.29, 0.717) is 30.1 Å². The van der Waals surface area contributed by atoms with Crippen molar-refractivity contribution in [1.29, 1.82) is 0 Å². The van der Waals surface area contributed by atoms with Gasteiger partial charge in [-0.05, 0) is 62.1 Å². The predicted octanol–water partition coefficient (Wildman–Crippen LogP) is 2.62. The Balaban J connectivity index is 1.73. The van der Waals surface area contributed by atoms with Gasteiger partial charge in [-0.1, -0.05) is 18.2 Å². The van der Waals surface area contributed by atoms with E-state index in [4.69, 9.17) is 4.74 Å². The molecule has 172 valence electrons. The zero-order valence-electron chi connectivity index (χ0n) is 18.6. The minimum absolute atomic E-state index is 0.00167. The number of hydrogen-bond donors (Lipinski definition) is 2. The quantitative estimate of drug-likeness (QED) is 0.631. The van der Waals surface area contributed by atoms with Crippen molar-refractivity contribution in [3.05, 3.63) is 59.2 Å². The second-order valence-electron chi connectivity index (χ2n) is 8.05. The summed E-state index contributed by atoms with van der Waals surface area (Å²) in [6.07, 6.45) is 2.94. The third kappa shape index (κ3) is 6.30. The number of carbonyl (C=O) groups excluding carboxylic acids is 2. The number of ether oxygens (including phenoxy) is 1. The highest BCUT2D eigenvalue weighted by Crippen LogP contribution is 2.22. The van der Waals surface area contributed by atoms with Crippen LogP contribution in [0.1, 0.15) is 34.3 Å². The molecular formula is C23H29N3O5S. The van der Waals surface area contributed by atoms with Gasteiger partial charge >= 0.3 is 0 Å². The molecule has 8 nitrogen and oxygen atoms in total. The Morgan fingerprint density at radius 3 is 2.44 bits per heavy atom. The summed E-state index contributed by atoms with van der Waals surface area (Å²) in [6, 6.07) is 12.0. The fourth-order valence-corrected chi connectivity index (χ4v) is 4.55. The Hall–Kier alpha value is -2.91. The Labute approximate surface area is 189 Å². The highest BCUT2D eigenvalue weighted by atomic mass is 32.2. The lowest BCUT2D eigenvalue weighted by Gasteiger charge is -2.23. The monoisotopic (exact) mass is 459 g/mol. The van der Waals surface area contributed by atoms with Crippen molar-refractivity contribution in [2.75, 3.05) is 35.6 Å². The minimum atomic E-state index is -3.70. The third-order valence-corrected chi connectivity index (χ3v) is 6.28. The summed E-state index contributed by atoms with van der Waals surface area (Å²) in [5.41, 5.74) is 2.82. The minimum Gasteiger partial charge on any atom is -0.376 e. The van der Waals surface area contributed by atoms with E-state index in [1.165, 1.54) is 0 Å². The normalized spacial score (nSPS) is 15.9. The molecule has 1 atom stereocenters. The molecule has 2 aromatic rings. The van der Waals surface area contributed by atoms with Crippen LogP contribution >= 0.6 is 0 Å². The molecule has 1 saturated heterocycles. The van der Waals surface area contributed by atoms with Gasteiger partial charge < -0.3 is 15.4 Å². The molecule has 1 unspecified atom stereocenters. The molecule has 1 aliphatic rings. The van der Waals surface area contributed by atoms with Crippen LogP contribution in [0.25, 0.3) is 0 Å². The molecule has 0 aromatic heterocycles. The maximum absolute atomic E-state index is 12.8. The molecule has 1 aliphatic heterocycles. The summed E-state index contributed by atoms with van der Waals surface area (Å²) < 4.78 is 31.4. The number of rotatable bonds is 8. The van der Waals surface area contributed by atoms with Gasteiger partial charge in [-0.15, -0.1) is 0 Å². The van der Waals surface area contributed by atoms with Gasteiger partial charge in [-0.2, -0.15) is 0 Å². The highest BCUT2D eigenvalue weighted by Gasteiger charge is 2.23. The Morgan fingerprint density at radius 2 is 1.81 bits per heavy atom. The van der Waals surface area contributed by atoms with Crippen molar-refractivity contribution >= 4 is 33.2 Å². The topological polar surface area (TPSA) is 105 Å².